The molecule has 0 saturated heterocycles. The third-order valence-corrected chi connectivity index (χ3v) is 2.77. The Morgan fingerprint density at radius 1 is 1.47 bits per heavy atom. The van der Waals surface area contributed by atoms with E-state index in [0.717, 1.165) is 23.1 Å². The standard InChI is InChI=1S/C14H16N2O/c1-3-7-11(17)10-13-12-8-5-6-9-14(12)16(4-2)15-13/h3,5-6,8-9H,1,4,7,10H2,2H3. The highest BCUT2D eigenvalue weighted by atomic mass is 16.1. The van der Waals surface area contributed by atoms with Crippen molar-refractivity contribution in [3.05, 3.63) is 42.6 Å². The van der Waals surface area contributed by atoms with E-state index in [0.29, 0.717) is 12.8 Å². The van der Waals surface area contributed by atoms with Crippen molar-refractivity contribution in [3.63, 3.8) is 0 Å². The van der Waals surface area contributed by atoms with Gasteiger partial charge in [-0.25, -0.2) is 0 Å². The van der Waals surface area contributed by atoms with Crippen LogP contribution in [-0.4, -0.2) is 15.6 Å². The van der Waals surface area contributed by atoms with E-state index in [-0.39, 0.29) is 5.78 Å². The fraction of sp³-hybridized carbons (Fsp3) is 0.286. The molecule has 0 aliphatic rings. The third-order valence-electron chi connectivity index (χ3n) is 2.77. The van der Waals surface area contributed by atoms with Crippen molar-refractivity contribution in [3.8, 4) is 0 Å². The molecule has 0 spiro atoms. The van der Waals surface area contributed by atoms with E-state index in [1.54, 1.807) is 6.08 Å². The summed E-state index contributed by atoms with van der Waals surface area (Å²) in [5.74, 6) is 0.159. The number of fused-ring (bicyclic) bond motifs is 1. The lowest BCUT2D eigenvalue weighted by Crippen LogP contribution is -2.03. The van der Waals surface area contributed by atoms with Crippen molar-refractivity contribution in [2.24, 2.45) is 0 Å². The normalized spacial score (nSPS) is 10.6. The number of aromatic nitrogens is 2. The number of para-hydroxylation sites is 1. The van der Waals surface area contributed by atoms with Gasteiger partial charge in [-0.05, 0) is 13.0 Å². The maximum atomic E-state index is 11.6. The highest BCUT2D eigenvalue weighted by Crippen LogP contribution is 2.19. The molecule has 0 fully saturated rings. The second kappa shape index (κ2) is 4.95. The lowest BCUT2D eigenvalue weighted by atomic mass is 10.1. The molecular weight excluding hydrogens is 212 g/mol. The van der Waals surface area contributed by atoms with E-state index in [2.05, 4.69) is 18.6 Å². The molecule has 0 saturated carbocycles. The van der Waals surface area contributed by atoms with Crippen LogP contribution in [0.15, 0.2) is 36.9 Å². The van der Waals surface area contributed by atoms with Crippen LogP contribution in [0.4, 0.5) is 0 Å². The van der Waals surface area contributed by atoms with Crippen molar-refractivity contribution in [1.82, 2.24) is 9.78 Å². The number of hydrogen-bond acceptors (Lipinski definition) is 2. The summed E-state index contributed by atoms with van der Waals surface area (Å²) in [6.45, 7) is 6.45. The summed E-state index contributed by atoms with van der Waals surface area (Å²) in [5.41, 5.74) is 1.96. The number of carbonyl (C=O) groups is 1. The van der Waals surface area contributed by atoms with Crippen LogP contribution >= 0.6 is 0 Å². The van der Waals surface area contributed by atoms with Crippen molar-refractivity contribution >= 4 is 16.7 Å². The summed E-state index contributed by atoms with van der Waals surface area (Å²) < 4.78 is 1.94. The van der Waals surface area contributed by atoms with Gasteiger partial charge in [0.25, 0.3) is 0 Å². The fourth-order valence-corrected chi connectivity index (χ4v) is 1.99. The molecule has 1 aromatic carbocycles. The Bertz CT molecular complexity index is 554. The average Bonchev–Trinajstić information content (AvgIpc) is 2.68. The zero-order chi connectivity index (χ0) is 12.3. The first-order valence-electron chi connectivity index (χ1n) is 5.83. The van der Waals surface area contributed by atoms with Crippen LogP contribution in [-0.2, 0) is 17.8 Å². The SMILES string of the molecule is C=CCC(=O)Cc1nn(CC)c2ccccc12. The van der Waals surface area contributed by atoms with E-state index >= 15 is 0 Å². The van der Waals surface area contributed by atoms with Gasteiger partial charge >= 0.3 is 0 Å². The van der Waals surface area contributed by atoms with Crippen LogP contribution < -0.4 is 0 Å². The lowest BCUT2D eigenvalue weighted by Gasteiger charge is -1.95. The number of benzene rings is 1. The van der Waals surface area contributed by atoms with Gasteiger partial charge in [-0.1, -0.05) is 24.3 Å². The molecule has 2 rings (SSSR count). The second-order valence-corrected chi connectivity index (χ2v) is 3.99. The number of nitrogens with zero attached hydrogens (tertiary/aromatic N) is 2. The minimum atomic E-state index is 0.159. The summed E-state index contributed by atoms with van der Waals surface area (Å²) in [7, 11) is 0. The zero-order valence-corrected chi connectivity index (χ0v) is 10.0. The molecule has 0 unspecified atom stereocenters. The molecule has 1 heterocycles. The molecule has 3 heteroatoms. The predicted molar refractivity (Wildman–Crippen MR) is 68.9 cm³/mol. The zero-order valence-electron chi connectivity index (χ0n) is 10.0. The Labute approximate surface area is 101 Å². The number of rotatable bonds is 5. The summed E-state index contributed by atoms with van der Waals surface area (Å²) in [6, 6.07) is 8.02. The molecule has 0 bridgehead atoms. The molecule has 3 nitrogen and oxygen atoms in total. The molecule has 0 aliphatic heterocycles. The second-order valence-electron chi connectivity index (χ2n) is 3.99. The molecule has 0 aliphatic carbocycles. The van der Waals surface area contributed by atoms with Crippen LogP contribution in [0.5, 0.6) is 0 Å². The van der Waals surface area contributed by atoms with Crippen LogP contribution in [0, 0.1) is 0 Å². The Hall–Kier alpha value is -1.90. The minimum absolute atomic E-state index is 0.159. The summed E-state index contributed by atoms with van der Waals surface area (Å²) in [5, 5.41) is 5.57. The van der Waals surface area contributed by atoms with Gasteiger partial charge in [0.05, 0.1) is 17.6 Å². The topological polar surface area (TPSA) is 34.9 Å². The van der Waals surface area contributed by atoms with Crippen molar-refractivity contribution in [2.75, 3.05) is 0 Å². The Morgan fingerprint density at radius 2 is 2.24 bits per heavy atom. The van der Waals surface area contributed by atoms with Crippen molar-refractivity contribution < 1.29 is 4.79 Å². The van der Waals surface area contributed by atoms with Gasteiger partial charge in [0.1, 0.15) is 5.78 Å². The monoisotopic (exact) mass is 228 g/mol. The molecule has 88 valence electrons. The average molecular weight is 228 g/mol. The van der Waals surface area contributed by atoms with Crippen LogP contribution in [0.2, 0.25) is 0 Å². The van der Waals surface area contributed by atoms with Crippen LogP contribution in [0.1, 0.15) is 19.0 Å². The molecule has 0 N–H and O–H groups in total. The quantitative estimate of drug-likeness (QED) is 0.737. The number of allylic oxidation sites excluding steroid dienone is 1. The fourth-order valence-electron chi connectivity index (χ4n) is 1.99. The molecule has 0 radical (unpaired) electrons. The van der Waals surface area contributed by atoms with Gasteiger partial charge < -0.3 is 0 Å². The van der Waals surface area contributed by atoms with E-state index in [1.165, 1.54) is 0 Å². The number of ketones is 1. The van der Waals surface area contributed by atoms with E-state index in [1.807, 2.05) is 28.9 Å². The Kier molecular flexibility index (Phi) is 3.38. The first kappa shape index (κ1) is 11.6. The third kappa shape index (κ3) is 2.28. The summed E-state index contributed by atoms with van der Waals surface area (Å²) in [6.07, 6.45) is 2.44. The first-order valence-corrected chi connectivity index (χ1v) is 5.83. The minimum Gasteiger partial charge on any atom is -0.299 e. The first-order chi connectivity index (χ1) is 8.26. The molecule has 0 amide bonds. The number of carbonyl (C=O) groups excluding carboxylic acids is 1. The maximum Gasteiger partial charge on any atom is 0.142 e. The van der Waals surface area contributed by atoms with Gasteiger partial charge in [-0.15, -0.1) is 6.58 Å². The molecule has 17 heavy (non-hydrogen) atoms. The predicted octanol–water partition coefficient (Wildman–Crippen LogP) is 2.74. The smallest absolute Gasteiger partial charge is 0.142 e. The van der Waals surface area contributed by atoms with Crippen LogP contribution in [0.3, 0.4) is 0 Å². The number of hydrogen-bond donors (Lipinski definition) is 0. The van der Waals surface area contributed by atoms with E-state index in [9.17, 15) is 4.79 Å². The molecular formula is C14H16N2O. The van der Waals surface area contributed by atoms with Crippen LogP contribution in [0.25, 0.3) is 10.9 Å². The highest BCUT2D eigenvalue weighted by Gasteiger charge is 2.11. The summed E-state index contributed by atoms with van der Waals surface area (Å²) >= 11 is 0. The van der Waals surface area contributed by atoms with Gasteiger partial charge in [0, 0.05) is 18.4 Å². The van der Waals surface area contributed by atoms with Crippen molar-refractivity contribution in [2.45, 2.75) is 26.3 Å². The van der Waals surface area contributed by atoms with E-state index in [4.69, 9.17) is 0 Å². The number of Topliss-reactive ketones (excluding diaryl/α,β-unsaturated/α-hetero) is 1. The molecule has 2 aromatic rings. The molecule has 1 aromatic heterocycles. The lowest BCUT2D eigenvalue weighted by molar-refractivity contribution is -0.117. The maximum absolute atomic E-state index is 11.6. The van der Waals surface area contributed by atoms with Gasteiger partial charge in [-0.3, -0.25) is 9.48 Å². The largest absolute Gasteiger partial charge is 0.299 e. The molecule has 0 atom stereocenters. The Balaban J connectivity index is 2.40. The van der Waals surface area contributed by atoms with Gasteiger partial charge in [0.15, 0.2) is 0 Å². The van der Waals surface area contributed by atoms with Gasteiger partial charge in [0.2, 0.25) is 0 Å². The Morgan fingerprint density at radius 3 is 2.94 bits per heavy atom. The summed E-state index contributed by atoms with van der Waals surface area (Å²) in [4.78, 5) is 11.6. The van der Waals surface area contributed by atoms with E-state index < -0.39 is 0 Å². The van der Waals surface area contributed by atoms with Gasteiger partial charge in [-0.2, -0.15) is 5.10 Å². The highest BCUT2D eigenvalue weighted by molar-refractivity contribution is 5.89. The number of aryl methyl sites for hydroxylation is 1. The van der Waals surface area contributed by atoms with Crippen molar-refractivity contribution in [1.29, 1.82) is 0 Å².